The van der Waals surface area contributed by atoms with E-state index in [0.29, 0.717) is 0 Å². The van der Waals surface area contributed by atoms with Crippen molar-refractivity contribution in [3.05, 3.63) is 35.0 Å². The van der Waals surface area contributed by atoms with E-state index in [-0.39, 0.29) is 0 Å². The molecule has 3 nitrogen and oxygen atoms in total. The summed E-state index contributed by atoms with van der Waals surface area (Å²) in [5.41, 5.74) is 1.22. The predicted octanol–water partition coefficient (Wildman–Crippen LogP) is 3.36. The molecule has 0 aliphatic rings. The number of rotatable bonds is 8. The van der Waals surface area contributed by atoms with Crippen molar-refractivity contribution in [2.75, 3.05) is 24.5 Å². The van der Waals surface area contributed by atoms with Crippen LogP contribution in [0.3, 0.4) is 0 Å². The second-order valence-corrected chi connectivity index (χ2v) is 5.06. The Morgan fingerprint density at radius 2 is 2.28 bits per heavy atom. The topological polar surface area (TPSA) is 28.2 Å². The Morgan fingerprint density at radius 3 is 2.89 bits per heavy atom. The van der Waals surface area contributed by atoms with Crippen LogP contribution >= 0.6 is 15.9 Å². The zero-order valence-corrected chi connectivity index (χ0v) is 12.8. The number of likely N-dealkylation sites (N-methyl/N-ethyl adjacent to an activating group) is 1. The van der Waals surface area contributed by atoms with Crippen LogP contribution in [0.2, 0.25) is 0 Å². The highest BCUT2D eigenvalue weighted by molar-refractivity contribution is 9.10. The van der Waals surface area contributed by atoms with Gasteiger partial charge in [-0.25, -0.2) is 4.98 Å². The number of halogens is 1. The number of pyridine rings is 1. The second kappa shape index (κ2) is 8.27. The molecule has 0 aromatic carbocycles. The minimum Gasteiger partial charge on any atom is -0.353 e. The van der Waals surface area contributed by atoms with E-state index >= 15 is 0 Å². The molecule has 0 aliphatic carbocycles. The molecule has 0 bridgehead atoms. The van der Waals surface area contributed by atoms with Gasteiger partial charge in [-0.2, -0.15) is 0 Å². The van der Waals surface area contributed by atoms with E-state index in [4.69, 9.17) is 0 Å². The predicted molar refractivity (Wildman–Crippen MR) is 82.0 cm³/mol. The summed E-state index contributed by atoms with van der Waals surface area (Å²) in [6.45, 7) is 11.7. The van der Waals surface area contributed by atoms with Crippen LogP contribution in [-0.2, 0) is 6.54 Å². The summed E-state index contributed by atoms with van der Waals surface area (Å²) in [5.74, 6) is 1.05. The zero-order chi connectivity index (χ0) is 13.4. The number of hydrogen-bond acceptors (Lipinski definition) is 3. The van der Waals surface area contributed by atoms with Gasteiger partial charge in [0, 0.05) is 35.9 Å². The number of nitrogens with zero attached hydrogens (tertiary/aromatic N) is 2. The molecular formula is C14H22BrN3. The lowest BCUT2D eigenvalue weighted by Crippen LogP contribution is -2.26. The van der Waals surface area contributed by atoms with Crippen LogP contribution in [0.15, 0.2) is 29.4 Å². The Labute approximate surface area is 118 Å². The summed E-state index contributed by atoms with van der Waals surface area (Å²) in [5, 5.41) is 3.43. The summed E-state index contributed by atoms with van der Waals surface area (Å²) < 4.78 is 1.02. The van der Waals surface area contributed by atoms with Crippen LogP contribution in [0.5, 0.6) is 0 Å². The van der Waals surface area contributed by atoms with E-state index < -0.39 is 0 Å². The molecule has 4 heteroatoms. The lowest BCUT2D eigenvalue weighted by atomic mass is 10.2. The maximum Gasteiger partial charge on any atom is 0.133 e. The molecule has 100 valence electrons. The highest BCUT2D eigenvalue weighted by atomic mass is 79.9. The maximum absolute atomic E-state index is 4.54. The van der Waals surface area contributed by atoms with Crippen LogP contribution < -0.4 is 10.2 Å². The smallest absolute Gasteiger partial charge is 0.133 e. The van der Waals surface area contributed by atoms with Gasteiger partial charge in [0.05, 0.1) is 0 Å². The molecule has 1 N–H and O–H groups in total. The first-order chi connectivity index (χ1) is 8.72. The van der Waals surface area contributed by atoms with E-state index in [1.165, 1.54) is 5.56 Å². The molecule has 0 unspecified atom stereocenters. The summed E-state index contributed by atoms with van der Waals surface area (Å²) in [4.78, 5) is 6.76. The highest BCUT2D eigenvalue weighted by Gasteiger charge is 2.10. The van der Waals surface area contributed by atoms with Gasteiger partial charge in [-0.1, -0.05) is 13.0 Å². The zero-order valence-electron chi connectivity index (χ0n) is 11.2. The van der Waals surface area contributed by atoms with Crippen LogP contribution in [0.4, 0.5) is 5.82 Å². The van der Waals surface area contributed by atoms with Gasteiger partial charge >= 0.3 is 0 Å². The number of aromatic nitrogens is 1. The Morgan fingerprint density at radius 1 is 1.50 bits per heavy atom. The molecule has 18 heavy (non-hydrogen) atoms. The Kier molecular flexibility index (Phi) is 6.98. The highest BCUT2D eigenvalue weighted by Crippen LogP contribution is 2.21. The molecule has 1 heterocycles. The Bertz CT molecular complexity index is 379. The molecule has 0 aliphatic heterocycles. The lowest BCUT2D eigenvalue weighted by Gasteiger charge is -2.23. The van der Waals surface area contributed by atoms with Crippen molar-refractivity contribution in [2.45, 2.75) is 26.8 Å². The Balaban J connectivity index is 2.90. The van der Waals surface area contributed by atoms with Gasteiger partial charge in [-0.05, 0) is 41.9 Å². The van der Waals surface area contributed by atoms with Crippen LogP contribution in [-0.4, -0.2) is 24.6 Å². The number of nitrogens with one attached hydrogen (secondary N) is 1. The van der Waals surface area contributed by atoms with E-state index in [9.17, 15) is 0 Å². The maximum atomic E-state index is 4.54. The van der Waals surface area contributed by atoms with Gasteiger partial charge in [0.15, 0.2) is 0 Å². The minimum atomic E-state index is 0.825. The van der Waals surface area contributed by atoms with Gasteiger partial charge < -0.3 is 10.2 Å². The monoisotopic (exact) mass is 311 g/mol. The quantitative estimate of drug-likeness (QED) is 0.589. The third-order valence-electron chi connectivity index (χ3n) is 2.68. The lowest BCUT2D eigenvalue weighted by molar-refractivity contribution is 0.671. The summed E-state index contributed by atoms with van der Waals surface area (Å²) in [7, 11) is 0. The first-order valence-corrected chi connectivity index (χ1v) is 7.23. The molecule has 0 atom stereocenters. The van der Waals surface area contributed by atoms with Crippen molar-refractivity contribution in [3.63, 3.8) is 0 Å². The molecule has 1 aromatic rings. The van der Waals surface area contributed by atoms with Gasteiger partial charge in [-0.15, -0.1) is 6.58 Å². The first-order valence-electron chi connectivity index (χ1n) is 6.43. The fourth-order valence-corrected chi connectivity index (χ4v) is 2.19. The van der Waals surface area contributed by atoms with Crippen LogP contribution in [0.25, 0.3) is 0 Å². The van der Waals surface area contributed by atoms with Crippen molar-refractivity contribution in [2.24, 2.45) is 0 Å². The Hall–Kier alpha value is -0.870. The average molecular weight is 312 g/mol. The second-order valence-electron chi connectivity index (χ2n) is 4.14. The van der Waals surface area contributed by atoms with Crippen molar-refractivity contribution in [3.8, 4) is 0 Å². The molecule has 0 saturated carbocycles. The molecule has 0 spiro atoms. The fourth-order valence-electron chi connectivity index (χ4n) is 1.81. The van der Waals surface area contributed by atoms with E-state index in [1.807, 2.05) is 12.3 Å². The summed E-state index contributed by atoms with van der Waals surface area (Å²) in [6, 6.07) is 2.14. The van der Waals surface area contributed by atoms with Gasteiger partial charge in [0.25, 0.3) is 0 Å². The van der Waals surface area contributed by atoms with E-state index in [2.05, 4.69) is 57.6 Å². The third-order valence-corrected chi connectivity index (χ3v) is 3.12. The van der Waals surface area contributed by atoms with Gasteiger partial charge in [-0.3, -0.25) is 0 Å². The summed E-state index contributed by atoms with van der Waals surface area (Å²) in [6.07, 6.45) is 4.90. The molecule has 0 amide bonds. The van der Waals surface area contributed by atoms with Crippen molar-refractivity contribution >= 4 is 21.7 Å². The van der Waals surface area contributed by atoms with E-state index in [0.717, 1.165) is 42.9 Å². The van der Waals surface area contributed by atoms with Crippen molar-refractivity contribution in [1.29, 1.82) is 0 Å². The van der Waals surface area contributed by atoms with Crippen LogP contribution in [0.1, 0.15) is 25.8 Å². The first kappa shape index (κ1) is 15.2. The number of anilines is 1. The minimum absolute atomic E-state index is 0.825. The average Bonchev–Trinajstić information content (AvgIpc) is 2.37. The fraction of sp³-hybridized carbons (Fsp3) is 0.500. The SMILES string of the molecule is C=CCN(CC)c1ncc(Br)cc1CNCCC. The molecular weight excluding hydrogens is 290 g/mol. The molecule has 0 fully saturated rings. The number of hydrogen-bond donors (Lipinski definition) is 1. The third kappa shape index (κ3) is 4.42. The van der Waals surface area contributed by atoms with E-state index in [1.54, 1.807) is 0 Å². The van der Waals surface area contributed by atoms with Crippen LogP contribution in [0, 0.1) is 0 Å². The van der Waals surface area contributed by atoms with Crippen molar-refractivity contribution in [1.82, 2.24) is 10.3 Å². The summed E-state index contributed by atoms with van der Waals surface area (Å²) >= 11 is 3.49. The largest absolute Gasteiger partial charge is 0.353 e. The molecule has 0 saturated heterocycles. The normalized spacial score (nSPS) is 10.4. The van der Waals surface area contributed by atoms with Gasteiger partial charge in [0.2, 0.25) is 0 Å². The van der Waals surface area contributed by atoms with Crippen molar-refractivity contribution < 1.29 is 0 Å². The molecule has 0 radical (unpaired) electrons. The molecule has 1 rings (SSSR count). The molecule has 1 aromatic heterocycles. The standard InChI is InChI=1S/C14H22BrN3/c1-4-7-16-10-12-9-13(15)11-17-14(12)18(6-3)8-5-2/h5,9,11,16H,2,4,6-8,10H2,1,3H3. The van der Waals surface area contributed by atoms with Gasteiger partial charge in [0.1, 0.15) is 5.82 Å².